The Morgan fingerprint density at radius 3 is 2.27 bits per heavy atom. The number of aromatic nitrogens is 2. The summed E-state index contributed by atoms with van der Waals surface area (Å²) in [6, 6.07) is 15.2. The van der Waals surface area contributed by atoms with Gasteiger partial charge in [0.25, 0.3) is 0 Å². The summed E-state index contributed by atoms with van der Waals surface area (Å²) in [6.07, 6.45) is 3.72. The van der Waals surface area contributed by atoms with Crippen molar-refractivity contribution in [3.63, 3.8) is 0 Å². The van der Waals surface area contributed by atoms with Gasteiger partial charge in [-0.25, -0.2) is 4.98 Å². The lowest BCUT2D eigenvalue weighted by Crippen LogP contribution is -2.12. The molecule has 0 aliphatic rings. The van der Waals surface area contributed by atoms with Crippen LogP contribution in [0.3, 0.4) is 0 Å². The van der Waals surface area contributed by atoms with Crippen LogP contribution in [-0.4, -0.2) is 9.97 Å². The van der Waals surface area contributed by atoms with Crippen molar-refractivity contribution < 1.29 is 13.2 Å². The normalized spacial score (nSPS) is 11.4. The summed E-state index contributed by atoms with van der Waals surface area (Å²) in [6.45, 7) is 4.27. The van der Waals surface area contributed by atoms with Crippen molar-refractivity contribution in [1.82, 2.24) is 9.97 Å². The van der Waals surface area contributed by atoms with Gasteiger partial charge in [-0.3, -0.25) is 0 Å². The topological polar surface area (TPSA) is 49.8 Å². The second kappa shape index (κ2) is 11.7. The number of nitrogens with zero attached hydrogens (tertiary/aromatic N) is 2. The van der Waals surface area contributed by atoms with E-state index in [1.165, 1.54) is 12.0 Å². The van der Waals surface area contributed by atoms with Crippen LogP contribution in [0.1, 0.15) is 62.6 Å². The molecule has 0 fully saturated rings. The van der Waals surface area contributed by atoms with Gasteiger partial charge in [0, 0.05) is 17.6 Å². The second-order valence-corrected chi connectivity index (χ2v) is 8.16. The SMILES string of the molecule is CCCCCCc1cccc(Nc2nc(Nc3ccc(CCC)cc3)ncc2C(F)(F)F)c1. The van der Waals surface area contributed by atoms with Crippen molar-refractivity contribution in [2.24, 2.45) is 0 Å². The lowest BCUT2D eigenvalue weighted by Gasteiger charge is -2.15. The summed E-state index contributed by atoms with van der Waals surface area (Å²) in [5.41, 5.74) is 2.67. The lowest BCUT2D eigenvalue weighted by atomic mass is 10.1. The molecule has 7 heteroatoms. The predicted molar refractivity (Wildman–Crippen MR) is 128 cm³/mol. The Morgan fingerprint density at radius 2 is 1.58 bits per heavy atom. The zero-order valence-corrected chi connectivity index (χ0v) is 19.2. The van der Waals surface area contributed by atoms with E-state index in [9.17, 15) is 13.2 Å². The minimum Gasteiger partial charge on any atom is -0.340 e. The average Bonchev–Trinajstić information content (AvgIpc) is 2.78. The summed E-state index contributed by atoms with van der Waals surface area (Å²) in [5, 5.41) is 5.86. The first-order valence-electron chi connectivity index (χ1n) is 11.5. The molecule has 2 aromatic carbocycles. The van der Waals surface area contributed by atoms with Crippen LogP contribution in [0.15, 0.2) is 54.7 Å². The highest BCUT2D eigenvalue weighted by molar-refractivity contribution is 5.63. The Kier molecular flexibility index (Phi) is 8.69. The number of nitrogens with one attached hydrogen (secondary N) is 2. The number of aryl methyl sites for hydroxylation is 2. The molecule has 4 nitrogen and oxygen atoms in total. The van der Waals surface area contributed by atoms with Crippen LogP contribution in [0.2, 0.25) is 0 Å². The fourth-order valence-electron chi connectivity index (χ4n) is 3.61. The average molecular weight is 457 g/mol. The first kappa shape index (κ1) is 24.6. The number of hydrogen-bond acceptors (Lipinski definition) is 4. The molecule has 3 rings (SSSR count). The fourth-order valence-corrected chi connectivity index (χ4v) is 3.61. The van der Waals surface area contributed by atoms with Gasteiger partial charge in [-0.05, 0) is 54.7 Å². The molecule has 0 saturated carbocycles. The first-order chi connectivity index (χ1) is 15.9. The van der Waals surface area contributed by atoms with Crippen molar-refractivity contribution in [1.29, 1.82) is 0 Å². The molecule has 0 aliphatic carbocycles. The lowest BCUT2D eigenvalue weighted by molar-refractivity contribution is -0.137. The fraction of sp³-hybridized carbons (Fsp3) is 0.385. The Morgan fingerprint density at radius 1 is 0.788 bits per heavy atom. The van der Waals surface area contributed by atoms with Crippen LogP contribution < -0.4 is 10.6 Å². The number of hydrogen-bond donors (Lipinski definition) is 2. The summed E-state index contributed by atoms with van der Waals surface area (Å²) in [4.78, 5) is 8.05. The van der Waals surface area contributed by atoms with E-state index in [4.69, 9.17) is 0 Å². The minimum absolute atomic E-state index is 0.101. The maximum Gasteiger partial charge on any atom is 0.421 e. The van der Waals surface area contributed by atoms with E-state index in [2.05, 4.69) is 34.4 Å². The highest BCUT2D eigenvalue weighted by Gasteiger charge is 2.35. The zero-order valence-electron chi connectivity index (χ0n) is 19.2. The van der Waals surface area contributed by atoms with Gasteiger partial charge < -0.3 is 10.6 Å². The minimum atomic E-state index is -4.57. The van der Waals surface area contributed by atoms with Gasteiger partial charge in [-0.2, -0.15) is 18.2 Å². The van der Waals surface area contributed by atoms with Crippen molar-refractivity contribution in [3.8, 4) is 0 Å². The monoisotopic (exact) mass is 456 g/mol. The summed E-state index contributed by atoms with van der Waals surface area (Å²) < 4.78 is 40.8. The van der Waals surface area contributed by atoms with Gasteiger partial charge in [0.05, 0.1) is 0 Å². The molecule has 2 N–H and O–H groups in total. The maximum absolute atomic E-state index is 13.6. The van der Waals surface area contributed by atoms with E-state index in [1.807, 2.05) is 42.5 Å². The standard InChI is InChI=1S/C26H31F3N4/c1-3-5-6-7-10-20-11-8-12-22(17-20)31-24-23(26(27,28)29)18-30-25(33-24)32-21-15-13-19(9-4-2)14-16-21/h8,11-18H,3-7,9-10H2,1-2H3,(H2,30,31,32,33). The van der Waals surface area contributed by atoms with Crippen molar-refractivity contribution >= 4 is 23.1 Å². The molecule has 0 bridgehead atoms. The number of anilines is 4. The van der Waals surface area contributed by atoms with Gasteiger partial charge in [0.15, 0.2) is 0 Å². The molecule has 1 heterocycles. The number of rotatable bonds is 11. The van der Waals surface area contributed by atoms with E-state index < -0.39 is 11.7 Å². The van der Waals surface area contributed by atoms with Gasteiger partial charge in [-0.1, -0.05) is 63.8 Å². The van der Waals surface area contributed by atoms with Gasteiger partial charge in [-0.15, -0.1) is 0 Å². The van der Waals surface area contributed by atoms with Gasteiger partial charge in [0.2, 0.25) is 5.95 Å². The third-order valence-corrected chi connectivity index (χ3v) is 5.35. The van der Waals surface area contributed by atoms with Crippen LogP contribution in [0, 0.1) is 0 Å². The quantitative estimate of drug-likeness (QED) is 0.287. The molecule has 0 unspecified atom stereocenters. The van der Waals surface area contributed by atoms with Crippen LogP contribution in [-0.2, 0) is 19.0 Å². The van der Waals surface area contributed by atoms with Crippen LogP contribution in [0.25, 0.3) is 0 Å². The van der Waals surface area contributed by atoms with E-state index in [0.717, 1.165) is 56.0 Å². The number of alkyl halides is 3. The summed E-state index contributed by atoms with van der Waals surface area (Å²) >= 11 is 0. The molecule has 0 spiro atoms. The third-order valence-electron chi connectivity index (χ3n) is 5.35. The molecule has 0 saturated heterocycles. The van der Waals surface area contributed by atoms with E-state index in [1.54, 1.807) is 6.07 Å². The predicted octanol–water partition coefficient (Wildman–Crippen LogP) is 8.06. The van der Waals surface area contributed by atoms with E-state index >= 15 is 0 Å². The Balaban J connectivity index is 1.79. The molecule has 0 radical (unpaired) electrons. The zero-order chi connectivity index (χ0) is 23.7. The summed E-state index contributed by atoms with van der Waals surface area (Å²) in [5.74, 6) is -0.171. The van der Waals surface area contributed by atoms with Gasteiger partial charge >= 0.3 is 6.18 Å². The van der Waals surface area contributed by atoms with Crippen LogP contribution in [0.4, 0.5) is 36.3 Å². The van der Waals surface area contributed by atoms with Crippen molar-refractivity contribution in [3.05, 3.63) is 71.4 Å². The summed E-state index contributed by atoms with van der Waals surface area (Å²) in [7, 11) is 0. The first-order valence-corrected chi connectivity index (χ1v) is 11.5. The largest absolute Gasteiger partial charge is 0.421 e. The Hall–Kier alpha value is -3.09. The molecule has 176 valence electrons. The molecular weight excluding hydrogens is 425 g/mol. The molecule has 1 aromatic heterocycles. The number of benzene rings is 2. The number of unbranched alkanes of at least 4 members (excludes halogenated alkanes) is 3. The van der Waals surface area contributed by atoms with Gasteiger partial charge in [0.1, 0.15) is 11.4 Å². The van der Waals surface area contributed by atoms with E-state index in [0.29, 0.717) is 5.69 Å². The maximum atomic E-state index is 13.6. The molecule has 3 aromatic rings. The smallest absolute Gasteiger partial charge is 0.340 e. The Bertz CT molecular complexity index is 1020. The molecule has 0 amide bonds. The van der Waals surface area contributed by atoms with Crippen LogP contribution in [0.5, 0.6) is 0 Å². The van der Waals surface area contributed by atoms with Crippen molar-refractivity contribution in [2.45, 2.75) is 65.0 Å². The molecule has 0 aliphatic heterocycles. The molecule has 33 heavy (non-hydrogen) atoms. The molecular formula is C26H31F3N4. The van der Waals surface area contributed by atoms with E-state index in [-0.39, 0.29) is 11.8 Å². The third kappa shape index (κ3) is 7.48. The number of halogens is 3. The molecule has 0 atom stereocenters. The second-order valence-electron chi connectivity index (χ2n) is 8.16. The van der Waals surface area contributed by atoms with Crippen LogP contribution >= 0.6 is 0 Å². The highest BCUT2D eigenvalue weighted by atomic mass is 19.4. The van der Waals surface area contributed by atoms with Crippen molar-refractivity contribution in [2.75, 3.05) is 10.6 Å². The highest BCUT2D eigenvalue weighted by Crippen LogP contribution is 2.35. The Labute approximate surface area is 193 Å².